The zero-order valence-electron chi connectivity index (χ0n) is 18.1. The molecule has 0 spiro atoms. The molecular weight excluding hydrogens is 358 g/mol. The van der Waals surface area contributed by atoms with Crippen LogP contribution in [0.3, 0.4) is 0 Å². The van der Waals surface area contributed by atoms with Gasteiger partial charge in [-0.2, -0.15) is 0 Å². The molecule has 7 heteroatoms. The third-order valence-electron chi connectivity index (χ3n) is 5.31. The minimum Gasteiger partial charge on any atom is -0.480 e. The Bertz CT molecular complexity index is 496. The maximum atomic E-state index is 12.7. The molecule has 0 saturated carbocycles. The van der Waals surface area contributed by atoms with Gasteiger partial charge < -0.3 is 21.9 Å². The third-order valence-corrected chi connectivity index (χ3v) is 5.31. The van der Waals surface area contributed by atoms with E-state index in [0.29, 0.717) is 6.42 Å². The minimum absolute atomic E-state index is 0.0818. The molecule has 0 saturated heterocycles. The number of unbranched alkanes of at least 4 members (excludes halogenated alkanes) is 4. The lowest BCUT2D eigenvalue weighted by atomic mass is 9.80. The Kier molecular flexibility index (Phi) is 12.9. The summed E-state index contributed by atoms with van der Waals surface area (Å²) >= 11 is 0. The van der Waals surface area contributed by atoms with Gasteiger partial charge in [0.15, 0.2) is 11.3 Å². The first-order valence-corrected chi connectivity index (χ1v) is 10.7. The van der Waals surface area contributed by atoms with Gasteiger partial charge in [0, 0.05) is 24.9 Å². The van der Waals surface area contributed by atoms with Crippen LogP contribution in [0.2, 0.25) is 0 Å². The van der Waals surface area contributed by atoms with E-state index in [4.69, 9.17) is 11.5 Å². The van der Waals surface area contributed by atoms with Crippen LogP contribution in [0.25, 0.3) is 0 Å². The molecule has 7 nitrogen and oxygen atoms in total. The number of carboxylic acids is 1. The fourth-order valence-electron chi connectivity index (χ4n) is 3.23. The number of rotatable bonds is 16. The van der Waals surface area contributed by atoms with E-state index in [9.17, 15) is 19.5 Å². The van der Waals surface area contributed by atoms with Crippen molar-refractivity contribution in [2.45, 2.75) is 110 Å². The van der Waals surface area contributed by atoms with Crippen molar-refractivity contribution in [3.05, 3.63) is 0 Å². The van der Waals surface area contributed by atoms with Crippen LogP contribution in [-0.2, 0) is 14.4 Å². The number of amides is 1. The molecule has 3 atom stereocenters. The van der Waals surface area contributed by atoms with E-state index < -0.39 is 29.3 Å². The van der Waals surface area contributed by atoms with Crippen molar-refractivity contribution in [2.24, 2.45) is 17.4 Å². The zero-order valence-corrected chi connectivity index (χ0v) is 18.1. The highest BCUT2D eigenvalue weighted by Crippen LogP contribution is 2.20. The molecule has 0 aromatic heterocycles. The van der Waals surface area contributed by atoms with E-state index in [1.165, 1.54) is 0 Å². The number of ketones is 1. The summed E-state index contributed by atoms with van der Waals surface area (Å²) in [5.74, 6) is -2.62. The summed E-state index contributed by atoms with van der Waals surface area (Å²) < 4.78 is 0. The highest BCUT2D eigenvalue weighted by atomic mass is 16.4. The average Bonchev–Trinajstić information content (AvgIpc) is 2.60. The van der Waals surface area contributed by atoms with Crippen molar-refractivity contribution in [1.29, 1.82) is 0 Å². The van der Waals surface area contributed by atoms with Gasteiger partial charge in [-0.15, -0.1) is 0 Å². The molecule has 0 aromatic carbocycles. The molecule has 0 aliphatic carbocycles. The average molecular weight is 400 g/mol. The van der Waals surface area contributed by atoms with Crippen LogP contribution in [0.4, 0.5) is 0 Å². The third kappa shape index (κ3) is 9.15. The van der Waals surface area contributed by atoms with Crippen LogP contribution < -0.4 is 16.8 Å². The van der Waals surface area contributed by atoms with Crippen LogP contribution in [-0.4, -0.2) is 40.4 Å². The first kappa shape index (κ1) is 26.5. The molecule has 0 radical (unpaired) electrons. The number of carbonyl (C=O) groups excluding carboxylic acids is 2. The van der Waals surface area contributed by atoms with E-state index in [1.807, 2.05) is 0 Å². The first-order valence-electron chi connectivity index (χ1n) is 10.7. The number of aliphatic carboxylic acids is 1. The van der Waals surface area contributed by atoms with Gasteiger partial charge in [-0.25, -0.2) is 4.79 Å². The van der Waals surface area contributed by atoms with E-state index in [0.717, 1.165) is 44.9 Å². The van der Waals surface area contributed by atoms with Crippen LogP contribution in [0.5, 0.6) is 0 Å². The summed E-state index contributed by atoms with van der Waals surface area (Å²) in [5.41, 5.74) is 10.0. The first-order chi connectivity index (χ1) is 13.1. The largest absolute Gasteiger partial charge is 0.480 e. The van der Waals surface area contributed by atoms with Gasteiger partial charge in [-0.05, 0) is 18.8 Å². The number of carbonyl (C=O) groups is 3. The number of nitrogens with one attached hydrogen (secondary N) is 1. The van der Waals surface area contributed by atoms with Gasteiger partial charge in [0.05, 0.1) is 0 Å². The quantitative estimate of drug-likeness (QED) is 0.233. The second-order valence-electron chi connectivity index (χ2n) is 8.18. The maximum Gasteiger partial charge on any atom is 0.331 e. The normalized spacial score (nSPS) is 15.7. The fraction of sp³-hybridized carbons (Fsp3) is 0.857. The van der Waals surface area contributed by atoms with Crippen LogP contribution >= 0.6 is 0 Å². The van der Waals surface area contributed by atoms with Crippen molar-refractivity contribution in [1.82, 2.24) is 5.32 Å². The zero-order chi connectivity index (χ0) is 21.7. The number of Topliss-reactive ketones (excluding diaryl/α,β-unsaturated/α-hetero) is 1. The summed E-state index contributed by atoms with van der Waals surface area (Å²) in [6, 6.07) is -0.628. The van der Waals surface area contributed by atoms with Crippen LogP contribution in [0.1, 0.15) is 91.9 Å². The Balaban J connectivity index is 4.95. The molecule has 0 aliphatic rings. The Hall–Kier alpha value is -1.47. The maximum absolute atomic E-state index is 12.7. The Labute approximate surface area is 170 Å². The topological polar surface area (TPSA) is 136 Å². The Morgan fingerprint density at radius 3 is 1.96 bits per heavy atom. The molecule has 6 N–H and O–H groups in total. The van der Waals surface area contributed by atoms with Crippen molar-refractivity contribution >= 4 is 17.7 Å². The summed E-state index contributed by atoms with van der Waals surface area (Å²) in [5, 5.41) is 12.3. The molecule has 0 aliphatic heterocycles. The lowest BCUT2D eigenvalue weighted by Crippen LogP contribution is -2.60. The SMILES string of the molecule is CCCCC[C@H](N)CC(=O)N[C@@H](CCCCC)CC(=O)[C@](N)(C(=O)O)C(C)C. The standard InChI is InChI=1S/C21H41N3O4/c1-5-7-9-11-16(22)13-19(26)24-17(12-10-8-6-2)14-18(25)21(23,15(3)4)20(27)28/h15-17H,5-14,22-23H2,1-4H3,(H,24,26)(H,27,28)/t16-,17-,21-/m0/s1. The fourth-order valence-corrected chi connectivity index (χ4v) is 3.23. The smallest absolute Gasteiger partial charge is 0.331 e. The molecule has 0 unspecified atom stereocenters. The molecule has 0 fully saturated rings. The lowest BCUT2D eigenvalue weighted by Gasteiger charge is -2.29. The van der Waals surface area contributed by atoms with Crippen molar-refractivity contribution < 1.29 is 19.5 Å². The predicted octanol–water partition coefficient (Wildman–Crippen LogP) is 2.75. The number of hydrogen-bond donors (Lipinski definition) is 4. The lowest BCUT2D eigenvalue weighted by molar-refractivity contribution is -0.150. The number of hydrogen-bond acceptors (Lipinski definition) is 5. The van der Waals surface area contributed by atoms with E-state index in [1.54, 1.807) is 13.8 Å². The highest BCUT2D eigenvalue weighted by Gasteiger charge is 2.45. The monoisotopic (exact) mass is 399 g/mol. The predicted molar refractivity (Wildman–Crippen MR) is 112 cm³/mol. The van der Waals surface area contributed by atoms with E-state index >= 15 is 0 Å². The van der Waals surface area contributed by atoms with Crippen molar-refractivity contribution in [3.63, 3.8) is 0 Å². The summed E-state index contributed by atoms with van der Waals surface area (Å²) in [6.45, 7) is 7.42. The van der Waals surface area contributed by atoms with Crippen LogP contribution in [0, 0.1) is 5.92 Å². The minimum atomic E-state index is -1.94. The highest BCUT2D eigenvalue weighted by molar-refractivity contribution is 6.08. The number of carboxylic acid groups (broad SMARTS) is 1. The Morgan fingerprint density at radius 2 is 1.50 bits per heavy atom. The van der Waals surface area contributed by atoms with Gasteiger partial charge in [-0.1, -0.05) is 66.2 Å². The van der Waals surface area contributed by atoms with E-state index in [-0.39, 0.29) is 24.8 Å². The van der Waals surface area contributed by atoms with Gasteiger partial charge in [0.1, 0.15) is 0 Å². The van der Waals surface area contributed by atoms with Gasteiger partial charge in [0.2, 0.25) is 5.91 Å². The van der Waals surface area contributed by atoms with Crippen LogP contribution in [0.15, 0.2) is 0 Å². The second kappa shape index (κ2) is 13.7. The molecule has 1 amide bonds. The number of nitrogens with two attached hydrogens (primary N) is 2. The summed E-state index contributed by atoms with van der Waals surface area (Å²) in [4.78, 5) is 36.7. The molecule has 0 aromatic rings. The van der Waals surface area contributed by atoms with E-state index in [2.05, 4.69) is 19.2 Å². The molecule has 164 valence electrons. The van der Waals surface area contributed by atoms with Gasteiger partial charge >= 0.3 is 5.97 Å². The van der Waals surface area contributed by atoms with Gasteiger partial charge in [0.25, 0.3) is 0 Å². The van der Waals surface area contributed by atoms with Gasteiger partial charge in [-0.3, -0.25) is 9.59 Å². The molecule has 0 heterocycles. The van der Waals surface area contributed by atoms with Crippen molar-refractivity contribution in [2.75, 3.05) is 0 Å². The molecule has 0 rings (SSSR count). The molecule has 28 heavy (non-hydrogen) atoms. The molecule has 0 bridgehead atoms. The summed E-state index contributed by atoms with van der Waals surface area (Å²) in [7, 11) is 0. The Morgan fingerprint density at radius 1 is 0.964 bits per heavy atom. The second-order valence-corrected chi connectivity index (χ2v) is 8.18. The van der Waals surface area contributed by atoms with Crippen molar-refractivity contribution in [3.8, 4) is 0 Å². The molecular formula is C21H41N3O4. The summed E-state index contributed by atoms with van der Waals surface area (Å²) in [6.07, 6.45) is 7.56.